The van der Waals surface area contributed by atoms with E-state index in [0.29, 0.717) is 12.5 Å². The van der Waals surface area contributed by atoms with E-state index < -0.39 is 0 Å². The lowest BCUT2D eigenvalue weighted by Gasteiger charge is -2.00. The highest BCUT2D eigenvalue weighted by molar-refractivity contribution is 9.11. The predicted octanol–water partition coefficient (Wildman–Crippen LogP) is 3.49. The molecule has 0 N–H and O–H groups in total. The summed E-state index contributed by atoms with van der Waals surface area (Å²) in [6, 6.07) is 2.13. The second-order valence-electron chi connectivity index (χ2n) is 3.76. The van der Waals surface area contributed by atoms with Crippen molar-refractivity contribution >= 4 is 33.2 Å². The van der Waals surface area contributed by atoms with E-state index in [1.807, 2.05) is 6.92 Å². The Morgan fingerprint density at radius 3 is 3.00 bits per heavy atom. The third-order valence-electron chi connectivity index (χ3n) is 2.71. The summed E-state index contributed by atoms with van der Waals surface area (Å²) in [7, 11) is 0. The van der Waals surface area contributed by atoms with Crippen LogP contribution in [0.15, 0.2) is 9.85 Å². The van der Waals surface area contributed by atoms with Crippen molar-refractivity contribution in [3.8, 4) is 0 Å². The summed E-state index contributed by atoms with van der Waals surface area (Å²) >= 11 is 5.20. The smallest absolute Gasteiger partial charge is 0.309 e. The Bertz CT molecular complexity index is 386. The number of hydrogen-bond donors (Lipinski definition) is 0. The summed E-state index contributed by atoms with van der Waals surface area (Å²) in [4.78, 5) is 12.8. The van der Waals surface area contributed by atoms with Gasteiger partial charge in [0.15, 0.2) is 0 Å². The van der Waals surface area contributed by atoms with Crippen molar-refractivity contribution in [1.82, 2.24) is 0 Å². The molecular weight excluding hydrogens is 276 g/mol. The zero-order valence-electron chi connectivity index (χ0n) is 8.75. The lowest BCUT2D eigenvalue weighted by atomic mass is 10.1. The number of ether oxygens (including phenoxy) is 1. The van der Waals surface area contributed by atoms with E-state index in [1.165, 1.54) is 10.4 Å². The fraction of sp³-hybridized carbons (Fsp3) is 0.545. The fourth-order valence-electron chi connectivity index (χ4n) is 1.88. The minimum absolute atomic E-state index is 0.0378. The van der Waals surface area contributed by atoms with Gasteiger partial charge in [-0.3, -0.25) is 4.79 Å². The standard InChI is InChI=1S/C11H13BrO2S/c1-3-14-11(13)9-4-8(9)7-5-10(12)15-6(7)2/h5,8-9H,3-4H2,1-2H3. The van der Waals surface area contributed by atoms with Gasteiger partial charge in [-0.15, -0.1) is 11.3 Å². The molecule has 2 atom stereocenters. The van der Waals surface area contributed by atoms with Gasteiger partial charge >= 0.3 is 5.97 Å². The average Bonchev–Trinajstić information content (AvgIpc) is 2.88. The summed E-state index contributed by atoms with van der Waals surface area (Å²) in [5, 5.41) is 0. The highest BCUT2D eigenvalue weighted by Crippen LogP contribution is 2.51. The summed E-state index contributed by atoms with van der Waals surface area (Å²) in [5.41, 5.74) is 1.31. The maximum absolute atomic E-state index is 11.5. The molecule has 0 aliphatic heterocycles. The fourth-order valence-corrected chi connectivity index (χ4v) is 3.66. The van der Waals surface area contributed by atoms with Gasteiger partial charge < -0.3 is 4.74 Å². The van der Waals surface area contributed by atoms with Crippen molar-refractivity contribution in [3.05, 3.63) is 20.3 Å². The average molecular weight is 289 g/mol. The summed E-state index contributed by atoms with van der Waals surface area (Å²) in [6.07, 6.45) is 0.947. The number of aryl methyl sites for hydroxylation is 1. The summed E-state index contributed by atoms with van der Waals surface area (Å²) < 4.78 is 6.16. The zero-order valence-corrected chi connectivity index (χ0v) is 11.2. The van der Waals surface area contributed by atoms with E-state index in [0.717, 1.165) is 10.2 Å². The first-order valence-electron chi connectivity index (χ1n) is 5.06. The lowest BCUT2D eigenvalue weighted by Crippen LogP contribution is -2.07. The van der Waals surface area contributed by atoms with Crippen LogP contribution in [0.4, 0.5) is 0 Å². The van der Waals surface area contributed by atoms with Gasteiger partial charge in [-0.1, -0.05) is 0 Å². The monoisotopic (exact) mass is 288 g/mol. The van der Waals surface area contributed by atoms with Crippen LogP contribution >= 0.6 is 27.3 Å². The molecule has 0 radical (unpaired) electrons. The normalized spacial score (nSPS) is 23.9. The summed E-state index contributed by atoms with van der Waals surface area (Å²) in [6.45, 7) is 4.43. The summed E-state index contributed by atoms with van der Waals surface area (Å²) in [5.74, 6) is 0.459. The Labute approximate surface area is 102 Å². The zero-order chi connectivity index (χ0) is 11.0. The molecule has 1 aromatic heterocycles. The SMILES string of the molecule is CCOC(=O)C1CC1c1cc(Br)sc1C. The quantitative estimate of drug-likeness (QED) is 0.796. The van der Waals surface area contributed by atoms with Crippen LogP contribution in [-0.2, 0) is 9.53 Å². The third kappa shape index (κ3) is 2.26. The van der Waals surface area contributed by atoms with Crippen molar-refractivity contribution < 1.29 is 9.53 Å². The molecule has 0 aromatic carbocycles. The molecule has 0 amide bonds. The van der Waals surface area contributed by atoms with Crippen molar-refractivity contribution in [2.45, 2.75) is 26.2 Å². The predicted molar refractivity (Wildman–Crippen MR) is 64.2 cm³/mol. The first kappa shape index (κ1) is 11.1. The van der Waals surface area contributed by atoms with Gasteiger partial charge in [0.1, 0.15) is 0 Å². The molecule has 1 aliphatic carbocycles. The molecule has 1 aromatic rings. The largest absolute Gasteiger partial charge is 0.466 e. The van der Waals surface area contributed by atoms with Gasteiger partial charge in [0.2, 0.25) is 0 Å². The Morgan fingerprint density at radius 1 is 1.73 bits per heavy atom. The highest BCUT2D eigenvalue weighted by Gasteiger charge is 2.46. The van der Waals surface area contributed by atoms with Crippen LogP contribution in [0.25, 0.3) is 0 Å². The molecule has 15 heavy (non-hydrogen) atoms. The number of hydrogen-bond acceptors (Lipinski definition) is 3. The lowest BCUT2D eigenvalue weighted by molar-refractivity contribution is -0.144. The molecule has 2 rings (SSSR count). The minimum atomic E-state index is -0.0378. The third-order valence-corrected chi connectivity index (χ3v) is 4.27. The second kappa shape index (κ2) is 4.26. The van der Waals surface area contributed by atoms with Crippen LogP contribution in [0, 0.1) is 12.8 Å². The Balaban J connectivity index is 2.04. The van der Waals surface area contributed by atoms with Crippen LogP contribution in [-0.4, -0.2) is 12.6 Å². The van der Waals surface area contributed by atoms with Crippen molar-refractivity contribution in [2.24, 2.45) is 5.92 Å². The van der Waals surface area contributed by atoms with Gasteiger partial charge in [-0.25, -0.2) is 0 Å². The van der Waals surface area contributed by atoms with E-state index in [4.69, 9.17) is 4.74 Å². The number of thiophene rings is 1. The Kier molecular flexibility index (Phi) is 3.16. The molecule has 0 bridgehead atoms. The van der Waals surface area contributed by atoms with Crippen LogP contribution in [0.3, 0.4) is 0 Å². The molecule has 4 heteroatoms. The number of halogens is 1. The maximum atomic E-state index is 11.5. The van der Waals surface area contributed by atoms with Gasteiger partial charge in [0, 0.05) is 4.88 Å². The van der Waals surface area contributed by atoms with E-state index in [2.05, 4.69) is 28.9 Å². The molecular formula is C11H13BrO2S. The first-order valence-corrected chi connectivity index (χ1v) is 6.67. The molecule has 2 nitrogen and oxygen atoms in total. The molecule has 0 spiro atoms. The van der Waals surface area contributed by atoms with Crippen LogP contribution in [0.2, 0.25) is 0 Å². The minimum Gasteiger partial charge on any atom is -0.466 e. The van der Waals surface area contributed by atoms with E-state index in [9.17, 15) is 4.79 Å². The van der Waals surface area contributed by atoms with E-state index in [1.54, 1.807) is 11.3 Å². The van der Waals surface area contributed by atoms with Gasteiger partial charge in [0.05, 0.1) is 16.3 Å². The molecule has 82 valence electrons. The van der Waals surface area contributed by atoms with Crippen LogP contribution < -0.4 is 0 Å². The molecule has 1 aliphatic rings. The Hall–Kier alpha value is -0.350. The number of rotatable bonds is 3. The van der Waals surface area contributed by atoms with E-state index >= 15 is 0 Å². The topological polar surface area (TPSA) is 26.3 Å². The number of esters is 1. The Morgan fingerprint density at radius 2 is 2.47 bits per heavy atom. The second-order valence-corrected chi connectivity index (χ2v) is 6.40. The van der Waals surface area contributed by atoms with Crippen LogP contribution in [0.5, 0.6) is 0 Å². The number of carbonyl (C=O) groups is 1. The molecule has 0 saturated heterocycles. The first-order chi connectivity index (χ1) is 7.13. The highest BCUT2D eigenvalue weighted by atomic mass is 79.9. The molecule has 1 saturated carbocycles. The van der Waals surface area contributed by atoms with Crippen LogP contribution in [0.1, 0.15) is 29.7 Å². The number of carbonyl (C=O) groups excluding carboxylic acids is 1. The van der Waals surface area contributed by atoms with Crippen molar-refractivity contribution in [3.63, 3.8) is 0 Å². The molecule has 1 heterocycles. The van der Waals surface area contributed by atoms with Gasteiger partial charge in [0.25, 0.3) is 0 Å². The molecule has 2 unspecified atom stereocenters. The molecule has 1 fully saturated rings. The van der Waals surface area contributed by atoms with E-state index in [-0.39, 0.29) is 11.9 Å². The maximum Gasteiger partial charge on any atom is 0.309 e. The van der Waals surface area contributed by atoms with Crippen molar-refractivity contribution in [1.29, 1.82) is 0 Å². The van der Waals surface area contributed by atoms with Crippen molar-refractivity contribution in [2.75, 3.05) is 6.61 Å². The van der Waals surface area contributed by atoms with Gasteiger partial charge in [-0.05, 0) is 53.7 Å². The van der Waals surface area contributed by atoms with Gasteiger partial charge in [-0.2, -0.15) is 0 Å².